The summed E-state index contributed by atoms with van der Waals surface area (Å²) in [6, 6.07) is 24.4. The fraction of sp³-hybridized carbons (Fsp3) is 0.0690. The van der Waals surface area contributed by atoms with Crippen molar-refractivity contribution in [3.63, 3.8) is 0 Å². The summed E-state index contributed by atoms with van der Waals surface area (Å²) in [4.78, 5) is 35.6. The van der Waals surface area contributed by atoms with Gasteiger partial charge in [-0.25, -0.2) is 10.0 Å². The molecular formula is C29H22ClN5O2S2. The van der Waals surface area contributed by atoms with Gasteiger partial charge in [0.1, 0.15) is 19.8 Å². The number of amides is 1. The molecule has 1 aromatic heterocycles. The molecule has 194 valence electrons. The number of anilines is 2. The molecule has 2 aliphatic heterocycles. The molecule has 3 heterocycles. The molecule has 0 saturated carbocycles. The molecule has 7 nitrogen and oxygen atoms in total. The maximum Gasteiger partial charge on any atom is 0.283 e. The molecule has 1 amide bonds. The van der Waals surface area contributed by atoms with Crippen LogP contribution >= 0.6 is 34.7 Å². The SMILES string of the molecule is C=CCn1c(=C2C(=O)N(c3ccccc3)NC2=Nc2ccccc2)sc(=C2Sc3ccc(Cl)cc3N2C)c1=O. The van der Waals surface area contributed by atoms with Crippen molar-refractivity contribution in [2.45, 2.75) is 11.4 Å². The third kappa shape index (κ3) is 4.48. The molecular weight excluding hydrogens is 550 g/mol. The number of aliphatic imine (C=N–C) groups is 1. The van der Waals surface area contributed by atoms with Gasteiger partial charge in [0, 0.05) is 23.5 Å². The van der Waals surface area contributed by atoms with Gasteiger partial charge in [-0.15, -0.1) is 17.9 Å². The van der Waals surface area contributed by atoms with E-state index in [2.05, 4.69) is 12.0 Å². The van der Waals surface area contributed by atoms with Crippen LogP contribution in [0, 0.1) is 0 Å². The van der Waals surface area contributed by atoms with E-state index in [0.29, 0.717) is 37.0 Å². The number of aromatic nitrogens is 1. The zero-order valence-corrected chi connectivity index (χ0v) is 23.2. The number of allylic oxidation sites excluding steroid dienone is 1. The molecule has 6 rings (SSSR count). The number of carbonyl (C=O) groups is 1. The fourth-order valence-corrected chi connectivity index (χ4v) is 7.08. The molecule has 1 fully saturated rings. The highest BCUT2D eigenvalue weighted by atomic mass is 35.5. The van der Waals surface area contributed by atoms with E-state index >= 15 is 0 Å². The van der Waals surface area contributed by atoms with Gasteiger partial charge in [-0.2, -0.15) is 0 Å². The Balaban J connectivity index is 1.62. The minimum atomic E-state index is -0.297. The number of nitrogens with zero attached hydrogens (tertiary/aromatic N) is 4. The van der Waals surface area contributed by atoms with Crippen LogP contribution in [0.1, 0.15) is 0 Å². The van der Waals surface area contributed by atoms with Gasteiger partial charge in [-0.05, 0) is 42.5 Å². The van der Waals surface area contributed by atoms with Crippen molar-refractivity contribution in [1.82, 2.24) is 9.99 Å². The van der Waals surface area contributed by atoms with E-state index in [9.17, 15) is 9.59 Å². The van der Waals surface area contributed by atoms with Gasteiger partial charge in [-0.3, -0.25) is 19.6 Å². The zero-order valence-electron chi connectivity index (χ0n) is 20.8. The number of nitrogens with one attached hydrogen (secondary N) is 1. The van der Waals surface area contributed by atoms with E-state index in [1.165, 1.54) is 28.1 Å². The zero-order chi connectivity index (χ0) is 27.1. The van der Waals surface area contributed by atoms with Crippen LogP contribution in [-0.2, 0) is 11.3 Å². The molecule has 1 saturated heterocycles. The number of amidine groups is 1. The second kappa shape index (κ2) is 10.3. The van der Waals surface area contributed by atoms with E-state index in [4.69, 9.17) is 16.6 Å². The number of thiazole rings is 1. The predicted molar refractivity (Wildman–Crippen MR) is 161 cm³/mol. The Bertz CT molecular complexity index is 1830. The first-order valence-corrected chi connectivity index (χ1v) is 14.1. The van der Waals surface area contributed by atoms with Gasteiger partial charge in [0.2, 0.25) is 0 Å². The monoisotopic (exact) mass is 571 g/mol. The summed E-state index contributed by atoms with van der Waals surface area (Å²) in [5, 5.41) is 2.87. The highest BCUT2D eigenvalue weighted by molar-refractivity contribution is 8.08. The topological polar surface area (TPSA) is 69.9 Å². The number of para-hydroxylation sites is 2. The molecule has 0 bridgehead atoms. The maximum atomic E-state index is 14.0. The van der Waals surface area contributed by atoms with Crippen LogP contribution < -0.4 is 30.1 Å². The lowest BCUT2D eigenvalue weighted by atomic mass is 10.2. The highest BCUT2D eigenvalue weighted by Crippen LogP contribution is 2.46. The molecule has 10 heteroatoms. The third-order valence-corrected chi connectivity index (χ3v) is 9.07. The molecule has 0 radical (unpaired) electrons. The molecule has 39 heavy (non-hydrogen) atoms. The Hall–Kier alpha value is -4.05. The predicted octanol–water partition coefficient (Wildman–Crippen LogP) is 4.49. The van der Waals surface area contributed by atoms with Gasteiger partial charge >= 0.3 is 0 Å². The van der Waals surface area contributed by atoms with E-state index < -0.39 is 0 Å². The molecule has 0 aliphatic carbocycles. The Kier molecular flexibility index (Phi) is 6.64. The summed E-state index contributed by atoms with van der Waals surface area (Å²) in [5.41, 5.74) is 5.59. The maximum absolute atomic E-state index is 14.0. The Morgan fingerprint density at radius 2 is 1.74 bits per heavy atom. The quantitative estimate of drug-likeness (QED) is 0.366. The molecule has 3 aromatic carbocycles. The average molecular weight is 572 g/mol. The molecule has 0 atom stereocenters. The van der Waals surface area contributed by atoms with Gasteiger partial charge < -0.3 is 4.90 Å². The summed E-state index contributed by atoms with van der Waals surface area (Å²) in [7, 11) is 1.91. The van der Waals surface area contributed by atoms with Gasteiger partial charge in [0.15, 0.2) is 5.84 Å². The minimum Gasteiger partial charge on any atom is -0.337 e. The molecule has 1 N–H and O–H groups in total. The van der Waals surface area contributed by atoms with Crippen molar-refractivity contribution in [2.75, 3.05) is 17.0 Å². The molecule has 4 aromatic rings. The lowest BCUT2D eigenvalue weighted by molar-refractivity contribution is -0.113. The van der Waals surface area contributed by atoms with Crippen LogP contribution in [0.2, 0.25) is 5.02 Å². The van der Waals surface area contributed by atoms with Crippen molar-refractivity contribution < 1.29 is 4.79 Å². The Labute approximate surface area is 237 Å². The minimum absolute atomic E-state index is 0.194. The van der Waals surface area contributed by atoms with E-state index in [0.717, 1.165) is 15.6 Å². The number of thioether (sulfide) groups is 1. The first-order chi connectivity index (χ1) is 19.0. The number of hydrazine groups is 1. The van der Waals surface area contributed by atoms with Gasteiger partial charge in [0.05, 0.1) is 17.1 Å². The number of hydrogen-bond acceptors (Lipinski definition) is 6. The smallest absolute Gasteiger partial charge is 0.283 e. The van der Waals surface area contributed by atoms with E-state index in [1.54, 1.807) is 10.6 Å². The van der Waals surface area contributed by atoms with Crippen LogP contribution in [0.3, 0.4) is 0 Å². The molecule has 0 spiro atoms. The van der Waals surface area contributed by atoms with Crippen molar-refractivity contribution in [2.24, 2.45) is 4.99 Å². The number of halogens is 1. The van der Waals surface area contributed by atoms with E-state index in [1.807, 2.05) is 90.8 Å². The van der Waals surface area contributed by atoms with Crippen molar-refractivity contribution >= 4 is 74.1 Å². The van der Waals surface area contributed by atoms with Crippen molar-refractivity contribution in [3.05, 3.63) is 116 Å². The van der Waals surface area contributed by atoms with E-state index in [-0.39, 0.29) is 18.0 Å². The average Bonchev–Trinajstić information content (AvgIpc) is 3.56. The van der Waals surface area contributed by atoms with Gasteiger partial charge in [0.25, 0.3) is 11.5 Å². The number of benzene rings is 3. The van der Waals surface area contributed by atoms with Crippen LogP contribution in [0.5, 0.6) is 0 Å². The number of fused-ring (bicyclic) bond motifs is 1. The Morgan fingerprint density at radius 1 is 1.03 bits per heavy atom. The number of rotatable bonds is 4. The largest absolute Gasteiger partial charge is 0.337 e. The van der Waals surface area contributed by atoms with Crippen molar-refractivity contribution in [1.29, 1.82) is 0 Å². The molecule has 0 unspecified atom stereocenters. The second-order valence-corrected chi connectivity index (χ2v) is 11.2. The standard InChI is InChI=1S/C29H22ClN5O2S2/c1-3-16-34-27(37)24(29-33(2)21-17-18(30)14-15-22(21)38-29)39-28(34)23-25(31-19-10-6-4-7-11-19)32-35(26(23)36)20-12-8-5-9-13-20/h3-15,17H,1,16H2,2H3,(H,31,32). The lowest BCUT2D eigenvalue weighted by Gasteiger charge is -2.14. The summed E-state index contributed by atoms with van der Waals surface area (Å²) >= 11 is 9.04. The van der Waals surface area contributed by atoms with Crippen molar-refractivity contribution in [3.8, 4) is 0 Å². The lowest BCUT2D eigenvalue weighted by Crippen LogP contribution is -2.36. The number of hydrogen-bond donors (Lipinski definition) is 1. The first kappa shape index (κ1) is 25.2. The van der Waals surface area contributed by atoms with Crippen LogP contribution in [-0.4, -0.2) is 23.4 Å². The summed E-state index contributed by atoms with van der Waals surface area (Å²) < 4.78 is 2.63. The fourth-order valence-electron chi connectivity index (χ4n) is 4.44. The summed E-state index contributed by atoms with van der Waals surface area (Å²) in [6.07, 6.45) is 1.66. The highest BCUT2D eigenvalue weighted by Gasteiger charge is 2.36. The van der Waals surface area contributed by atoms with Gasteiger partial charge in [-0.1, -0.05) is 65.8 Å². The summed E-state index contributed by atoms with van der Waals surface area (Å²) in [5.74, 6) is 0.0714. The molecule has 2 aliphatic rings. The van der Waals surface area contributed by atoms with Crippen LogP contribution in [0.25, 0.3) is 10.6 Å². The summed E-state index contributed by atoms with van der Waals surface area (Å²) in [6.45, 7) is 4.10. The third-order valence-electron chi connectivity index (χ3n) is 6.28. The second-order valence-electron chi connectivity index (χ2n) is 8.78. The first-order valence-electron chi connectivity index (χ1n) is 12.1. The Morgan fingerprint density at radius 3 is 2.46 bits per heavy atom. The van der Waals surface area contributed by atoms with Crippen LogP contribution in [0.15, 0.2) is 106 Å². The number of carbonyl (C=O) groups excluding carboxylic acids is 1. The van der Waals surface area contributed by atoms with Crippen LogP contribution in [0.4, 0.5) is 17.1 Å². The normalized spacial score (nSPS) is 18.5.